The molecule has 1 fully saturated rings. The Morgan fingerprint density at radius 1 is 1.22 bits per heavy atom. The van der Waals surface area contributed by atoms with Crippen molar-refractivity contribution in [3.63, 3.8) is 0 Å². The molecule has 18 heavy (non-hydrogen) atoms. The average molecular weight is 259 g/mol. The van der Waals surface area contributed by atoms with Crippen LogP contribution < -0.4 is 0 Å². The van der Waals surface area contributed by atoms with Crippen LogP contribution >= 0.6 is 0 Å². The number of hydrogen-bond donors (Lipinski definition) is 0. The van der Waals surface area contributed by atoms with Gasteiger partial charge >= 0.3 is 0 Å². The standard InChI is InChI=1S/C16H25NSi/c1-14-10-17(11-15-8-6-5-7-9-15)12-16(14)13-18(2,3)4/h5-9,13-14H,10-12H2,1-4H3. The number of hydrogen-bond acceptors (Lipinski definition) is 1. The molecule has 0 spiro atoms. The summed E-state index contributed by atoms with van der Waals surface area (Å²) in [5.74, 6) is 0.737. The third-order valence-electron chi connectivity index (χ3n) is 3.44. The van der Waals surface area contributed by atoms with Crippen LogP contribution in [0, 0.1) is 5.92 Å². The second kappa shape index (κ2) is 5.41. The Labute approximate surface area is 113 Å². The molecule has 0 saturated carbocycles. The predicted octanol–water partition coefficient (Wildman–Crippen LogP) is 3.94. The zero-order valence-electron chi connectivity index (χ0n) is 12.1. The lowest BCUT2D eigenvalue weighted by Gasteiger charge is -2.15. The summed E-state index contributed by atoms with van der Waals surface area (Å²) >= 11 is 0. The van der Waals surface area contributed by atoms with Gasteiger partial charge in [-0.15, -0.1) is 0 Å². The average Bonchev–Trinajstić information content (AvgIpc) is 2.58. The van der Waals surface area contributed by atoms with E-state index >= 15 is 0 Å². The van der Waals surface area contributed by atoms with E-state index in [1.807, 2.05) is 0 Å². The van der Waals surface area contributed by atoms with Gasteiger partial charge in [0.25, 0.3) is 0 Å². The summed E-state index contributed by atoms with van der Waals surface area (Å²) in [6.07, 6.45) is 0. The Hall–Kier alpha value is -0.863. The fourth-order valence-corrected chi connectivity index (χ4v) is 4.18. The molecule has 98 valence electrons. The summed E-state index contributed by atoms with van der Waals surface area (Å²) in [6, 6.07) is 10.8. The van der Waals surface area contributed by atoms with Crippen LogP contribution in [0.4, 0.5) is 0 Å². The highest BCUT2D eigenvalue weighted by molar-refractivity contribution is 6.81. The number of nitrogens with zero attached hydrogens (tertiary/aromatic N) is 1. The van der Waals surface area contributed by atoms with Crippen molar-refractivity contribution in [1.82, 2.24) is 4.90 Å². The van der Waals surface area contributed by atoms with E-state index in [1.54, 1.807) is 5.57 Å². The van der Waals surface area contributed by atoms with Gasteiger partial charge in [-0.05, 0) is 11.5 Å². The van der Waals surface area contributed by atoms with E-state index in [2.05, 4.69) is 67.5 Å². The molecule has 1 unspecified atom stereocenters. The van der Waals surface area contributed by atoms with Gasteiger partial charge in [-0.25, -0.2) is 0 Å². The summed E-state index contributed by atoms with van der Waals surface area (Å²) in [5, 5.41) is 0. The maximum absolute atomic E-state index is 2.60. The van der Waals surface area contributed by atoms with Crippen LogP contribution in [-0.2, 0) is 6.54 Å². The van der Waals surface area contributed by atoms with E-state index in [-0.39, 0.29) is 0 Å². The van der Waals surface area contributed by atoms with Crippen molar-refractivity contribution in [2.24, 2.45) is 5.92 Å². The molecule has 2 heteroatoms. The largest absolute Gasteiger partial charge is 0.295 e. The fraction of sp³-hybridized carbons (Fsp3) is 0.500. The lowest BCUT2D eigenvalue weighted by Crippen LogP contribution is -2.20. The lowest BCUT2D eigenvalue weighted by atomic mass is 10.1. The second-order valence-electron chi connectivity index (χ2n) is 6.64. The van der Waals surface area contributed by atoms with E-state index in [1.165, 1.54) is 18.7 Å². The Morgan fingerprint density at radius 2 is 1.89 bits per heavy atom. The van der Waals surface area contributed by atoms with Crippen LogP contribution in [0.5, 0.6) is 0 Å². The van der Waals surface area contributed by atoms with Gasteiger partial charge in [0.1, 0.15) is 0 Å². The molecule has 1 aliphatic rings. The first kappa shape index (κ1) is 13.6. The normalized spacial score (nSPS) is 23.8. The van der Waals surface area contributed by atoms with E-state index < -0.39 is 8.07 Å². The Morgan fingerprint density at radius 3 is 2.50 bits per heavy atom. The summed E-state index contributed by atoms with van der Waals surface area (Å²) in [5.41, 5.74) is 5.70. The summed E-state index contributed by atoms with van der Waals surface area (Å²) in [7, 11) is -1.07. The number of likely N-dealkylation sites (tertiary alicyclic amines) is 1. The highest BCUT2D eigenvalue weighted by atomic mass is 28.3. The first-order chi connectivity index (χ1) is 8.44. The predicted molar refractivity (Wildman–Crippen MR) is 82.3 cm³/mol. The van der Waals surface area contributed by atoms with E-state index in [4.69, 9.17) is 0 Å². The second-order valence-corrected chi connectivity index (χ2v) is 11.7. The smallest absolute Gasteiger partial charge is 0.0687 e. The molecule has 0 radical (unpaired) electrons. The van der Waals surface area contributed by atoms with Gasteiger partial charge < -0.3 is 0 Å². The van der Waals surface area contributed by atoms with Gasteiger partial charge in [0.15, 0.2) is 0 Å². The molecule has 0 bridgehead atoms. The monoisotopic (exact) mass is 259 g/mol. The molecular formula is C16H25NSi. The SMILES string of the molecule is CC1CN(Cc2ccccc2)CC1=C[Si](C)(C)C. The molecule has 0 N–H and O–H groups in total. The van der Waals surface area contributed by atoms with E-state index in [0.717, 1.165) is 12.5 Å². The van der Waals surface area contributed by atoms with Crippen LogP contribution in [0.2, 0.25) is 19.6 Å². The molecular weight excluding hydrogens is 234 g/mol. The van der Waals surface area contributed by atoms with Gasteiger partial charge in [0.2, 0.25) is 0 Å². The van der Waals surface area contributed by atoms with Gasteiger partial charge in [-0.3, -0.25) is 4.90 Å². The minimum atomic E-state index is -1.07. The molecule has 1 saturated heterocycles. The summed E-state index contributed by atoms with van der Waals surface area (Å²) < 4.78 is 0. The molecule has 1 heterocycles. The van der Waals surface area contributed by atoms with Gasteiger partial charge in [0.05, 0.1) is 8.07 Å². The molecule has 1 aromatic rings. The molecule has 0 amide bonds. The Bertz CT molecular complexity index is 416. The van der Waals surface area contributed by atoms with Crippen LogP contribution in [-0.4, -0.2) is 26.1 Å². The fourth-order valence-electron chi connectivity index (χ4n) is 2.69. The van der Waals surface area contributed by atoms with Crippen molar-refractivity contribution < 1.29 is 0 Å². The molecule has 1 nitrogen and oxygen atoms in total. The highest BCUT2D eigenvalue weighted by Gasteiger charge is 2.25. The zero-order valence-corrected chi connectivity index (χ0v) is 13.1. The van der Waals surface area contributed by atoms with Gasteiger partial charge in [-0.1, -0.05) is 68.2 Å². The van der Waals surface area contributed by atoms with Crippen molar-refractivity contribution in [2.45, 2.75) is 33.1 Å². The van der Waals surface area contributed by atoms with Crippen LogP contribution in [0.15, 0.2) is 41.6 Å². The third kappa shape index (κ3) is 3.82. The molecule has 1 atom stereocenters. The Balaban J connectivity index is 2.01. The van der Waals surface area contributed by atoms with Crippen molar-refractivity contribution in [3.8, 4) is 0 Å². The Kier molecular flexibility index (Phi) is 4.08. The maximum Gasteiger partial charge on any atom is 0.0687 e. The van der Waals surface area contributed by atoms with Crippen LogP contribution in [0.1, 0.15) is 12.5 Å². The van der Waals surface area contributed by atoms with Crippen LogP contribution in [0.3, 0.4) is 0 Å². The first-order valence-electron chi connectivity index (χ1n) is 6.92. The summed E-state index contributed by atoms with van der Waals surface area (Å²) in [6.45, 7) is 13.1. The van der Waals surface area contributed by atoms with Gasteiger partial charge in [-0.2, -0.15) is 0 Å². The van der Waals surface area contributed by atoms with Crippen molar-refractivity contribution in [1.29, 1.82) is 0 Å². The van der Waals surface area contributed by atoms with Crippen molar-refractivity contribution >= 4 is 8.07 Å². The number of benzene rings is 1. The van der Waals surface area contributed by atoms with Crippen molar-refractivity contribution in [2.75, 3.05) is 13.1 Å². The van der Waals surface area contributed by atoms with E-state index in [9.17, 15) is 0 Å². The molecule has 0 aromatic heterocycles. The molecule has 0 aliphatic carbocycles. The molecule has 2 rings (SSSR count). The topological polar surface area (TPSA) is 3.24 Å². The zero-order chi connectivity index (χ0) is 13.2. The van der Waals surface area contributed by atoms with E-state index in [0.29, 0.717) is 0 Å². The quantitative estimate of drug-likeness (QED) is 0.743. The lowest BCUT2D eigenvalue weighted by molar-refractivity contribution is 0.322. The first-order valence-corrected chi connectivity index (χ1v) is 10.5. The molecule has 1 aromatic carbocycles. The maximum atomic E-state index is 2.60. The molecule has 1 aliphatic heterocycles. The van der Waals surface area contributed by atoms with Crippen molar-refractivity contribution in [3.05, 3.63) is 47.2 Å². The summed E-state index contributed by atoms with van der Waals surface area (Å²) in [4.78, 5) is 2.58. The number of rotatable bonds is 3. The minimum absolute atomic E-state index is 0.737. The third-order valence-corrected chi connectivity index (χ3v) is 4.68. The highest BCUT2D eigenvalue weighted by Crippen LogP contribution is 2.25. The van der Waals surface area contributed by atoms with Crippen LogP contribution in [0.25, 0.3) is 0 Å². The van der Waals surface area contributed by atoms with Gasteiger partial charge in [0, 0.05) is 19.6 Å². The minimum Gasteiger partial charge on any atom is -0.295 e.